The monoisotopic (exact) mass is 982 g/mol. The van der Waals surface area contributed by atoms with E-state index in [2.05, 4.69) is 13.5 Å². The molecule has 8 aliphatic rings. The third-order valence-electron chi connectivity index (χ3n) is 17.1. The predicted molar refractivity (Wildman–Crippen MR) is 220 cm³/mol. The molecule has 4 saturated heterocycles. The Morgan fingerprint density at radius 2 is 1.12 bits per heavy atom. The molecule has 0 radical (unpaired) electrons. The van der Waals surface area contributed by atoms with Crippen LogP contribution in [0.3, 0.4) is 0 Å². The van der Waals surface area contributed by atoms with E-state index in [9.17, 15) is 76.3 Å². The maximum atomic E-state index is 14.3. The fourth-order valence-electron chi connectivity index (χ4n) is 13.4. The molecule has 0 amide bonds. The number of rotatable bonds is 13. The molecule has 4 heterocycles. The highest BCUT2D eigenvalue weighted by Crippen LogP contribution is 2.73. The van der Waals surface area contributed by atoms with Crippen molar-refractivity contribution in [3.63, 3.8) is 0 Å². The summed E-state index contributed by atoms with van der Waals surface area (Å²) in [4.78, 5) is 25.4. The van der Waals surface area contributed by atoms with E-state index in [0.29, 0.717) is 56.9 Å². The van der Waals surface area contributed by atoms with Crippen LogP contribution in [-0.2, 0) is 47.7 Å². The quantitative estimate of drug-likeness (QED) is 0.0270. The van der Waals surface area contributed by atoms with Crippen LogP contribution in [0.1, 0.15) is 71.6 Å². The largest absolute Gasteiger partial charge is 0.432 e. The Kier molecular flexibility index (Phi) is 15.5. The first kappa shape index (κ1) is 52.6. The number of carbonyl (C=O) groups is 1. The van der Waals surface area contributed by atoms with Crippen molar-refractivity contribution in [3.05, 3.63) is 12.2 Å². The van der Waals surface area contributed by atoms with Crippen LogP contribution >= 0.6 is 0 Å². The first-order valence-corrected chi connectivity index (χ1v) is 23.5. The van der Waals surface area contributed by atoms with Gasteiger partial charge in [0.05, 0.1) is 37.4 Å². The van der Waals surface area contributed by atoms with Crippen LogP contribution in [0, 0.1) is 28.1 Å². The van der Waals surface area contributed by atoms with Gasteiger partial charge in [-0.15, -0.1) is 0 Å². The van der Waals surface area contributed by atoms with Crippen molar-refractivity contribution in [3.8, 4) is 0 Å². The molecule has 4 aliphatic carbocycles. The zero-order chi connectivity index (χ0) is 49.4. The van der Waals surface area contributed by atoms with Gasteiger partial charge in [0.1, 0.15) is 85.5 Å². The molecule has 24 nitrogen and oxygen atoms in total. The topological polar surface area (TPSA) is 383 Å². The molecule has 1 spiro atoms. The van der Waals surface area contributed by atoms with Gasteiger partial charge in [-0.1, -0.05) is 19.9 Å². The standard InChI is InChI=1S/C44H70O24/c1-17-11-43-9-5-22-41(2,7-4-8-42(22,3)40(59)65-38-32(57)29(54)25(50)20(14-47)62-38)23(43)6-10-44(17,16-43)66-39-35(64-37-31(56)28(53)24(49)19(13-46)61-37)33(27(52)21(15-48)63-39)67-68-34-30(55)26(51)18(12-45)60-36(34)58/h18-39,45-58H,1,4-16H2,2-3H3. The molecular weight excluding hydrogens is 912 g/mol. The van der Waals surface area contributed by atoms with Crippen molar-refractivity contribution in [2.45, 2.75) is 200 Å². The lowest BCUT2D eigenvalue weighted by molar-refractivity contribution is -0.460. The Labute approximate surface area is 391 Å². The van der Waals surface area contributed by atoms with E-state index in [1.807, 2.05) is 6.92 Å². The Bertz CT molecular complexity index is 1780. The molecule has 26 unspecified atom stereocenters. The Balaban J connectivity index is 1.05. The van der Waals surface area contributed by atoms with Gasteiger partial charge in [-0.3, -0.25) is 4.79 Å². The maximum absolute atomic E-state index is 14.3. The summed E-state index contributed by atoms with van der Waals surface area (Å²) in [6, 6.07) is 0. The summed E-state index contributed by atoms with van der Waals surface area (Å²) in [5.41, 5.74) is -2.36. The first-order valence-electron chi connectivity index (χ1n) is 23.5. The average molecular weight is 983 g/mol. The summed E-state index contributed by atoms with van der Waals surface area (Å²) in [5, 5.41) is 147. The van der Waals surface area contributed by atoms with Crippen molar-refractivity contribution in [1.29, 1.82) is 0 Å². The highest BCUT2D eigenvalue weighted by atomic mass is 17.2. The van der Waals surface area contributed by atoms with E-state index in [0.717, 1.165) is 6.42 Å². The lowest BCUT2D eigenvalue weighted by Gasteiger charge is -2.64. The first-order chi connectivity index (χ1) is 32.1. The molecule has 2 bridgehead atoms. The van der Waals surface area contributed by atoms with Gasteiger partial charge >= 0.3 is 5.97 Å². The molecule has 26 atom stereocenters. The summed E-state index contributed by atoms with van der Waals surface area (Å²) in [6.45, 7) is 5.41. The number of esters is 1. The van der Waals surface area contributed by atoms with Crippen LogP contribution < -0.4 is 0 Å². The molecule has 8 fully saturated rings. The van der Waals surface area contributed by atoms with Crippen LogP contribution in [-0.4, -0.2) is 232 Å². The number of hydrogen-bond donors (Lipinski definition) is 14. The second kappa shape index (κ2) is 20.0. The normalized spacial score (nSPS) is 53.9. The highest BCUT2D eigenvalue weighted by Gasteiger charge is 2.70. The molecule has 0 aromatic rings. The SMILES string of the molecule is C=C1CC23CCC4C(C)(C(=O)OC5OC(CO)C(O)C(O)C5O)CCCC4(C)C2CCC1(OC1OC(CO)C(O)C(OOC2C(O)OC(CO)C(O)C2O)C1OC1OC(CO)C(O)C(O)C1O)C3. The molecule has 4 saturated carbocycles. The summed E-state index contributed by atoms with van der Waals surface area (Å²) < 4.78 is 41.5. The molecule has 0 aromatic carbocycles. The number of ether oxygens (including phenoxy) is 7. The summed E-state index contributed by atoms with van der Waals surface area (Å²) >= 11 is 0. The van der Waals surface area contributed by atoms with Crippen molar-refractivity contribution < 1.29 is 119 Å². The number of hydrogen-bond acceptors (Lipinski definition) is 24. The molecule has 68 heavy (non-hydrogen) atoms. The van der Waals surface area contributed by atoms with Crippen molar-refractivity contribution in [1.82, 2.24) is 0 Å². The summed E-state index contributed by atoms with van der Waals surface area (Å²) in [5.74, 6) is -0.820. The maximum Gasteiger partial charge on any atom is 0.314 e. The van der Waals surface area contributed by atoms with E-state index in [-0.39, 0.29) is 11.8 Å². The molecular formula is C44H70O24. The van der Waals surface area contributed by atoms with Crippen molar-refractivity contribution >= 4 is 5.97 Å². The van der Waals surface area contributed by atoms with Gasteiger partial charge in [0, 0.05) is 0 Å². The van der Waals surface area contributed by atoms with Crippen molar-refractivity contribution in [2.24, 2.45) is 28.1 Å². The molecule has 14 N–H and O–H groups in total. The van der Waals surface area contributed by atoms with Crippen LogP contribution in [0.4, 0.5) is 0 Å². The molecule has 0 aromatic heterocycles. The smallest absolute Gasteiger partial charge is 0.314 e. The van der Waals surface area contributed by atoms with Crippen molar-refractivity contribution in [2.75, 3.05) is 26.4 Å². The van der Waals surface area contributed by atoms with E-state index < -0.39 is 177 Å². The minimum absolute atomic E-state index is 0.0192. The molecule has 24 heteroatoms. The number of fused-ring (bicyclic) bond motifs is 3. The van der Waals surface area contributed by atoms with E-state index >= 15 is 0 Å². The van der Waals surface area contributed by atoms with E-state index in [1.54, 1.807) is 0 Å². The zero-order valence-corrected chi connectivity index (χ0v) is 37.9. The Morgan fingerprint density at radius 3 is 1.75 bits per heavy atom. The Hall–Kier alpha value is -1.67. The van der Waals surface area contributed by atoms with Crippen LogP contribution in [0.25, 0.3) is 0 Å². The molecule has 390 valence electrons. The lowest BCUT2D eigenvalue weighted by Crippen LogP contribution is -2.66. The van der Waals surface area contributed by atoms with Crippen LogP contribution in [0.15, 0.2) is 12.2 Å². The molecule has 4 aliphatic heterocycles. The fourth-order valence-corrected chi connectivity index (χ4v) is 13.4. The van der Waals surface area contributed by atoms with Gasteiger partial charge in [-0.25, -0.2) is 9.78 Å². The van der Waals surface area contributed by atoms with Gasteiger partial charge in [-0.05, 0) is 86.5 Å². The highest BCUT2D eigenvalue weighted by molar-refractivity contribution is 5.77. The summed E-state index contributed by atoms with van der Waals surface area (Å²) in [6.07, 6.45) is -29.4. The fraction of sp³-hybridized carbons (Fsp3) is 0.932. The number of aliphatic hydroxyl groups excluding tert-OH is 14. The lowest BCUT2D eigenvalue weighted by atomic mass is 9.41. The van der Waals surface area contributed by atoms with Gasteiger partial charge in [0.25, 0.3) is 0 Å². The van der Waals surface area contributed by atoms with E-state index in [4.69, 9.17) is 42.9 Å². The van der Waals surface area contributed by atoms with Crippen LogP contribution in [0.5, 0.6) is 0 Å². The average Bonchev–Trinajstić information content (AvgIpc) is 3.51. The zero-order valence-electron chi connectivity index (χ0n) is 37.9. The third-order valence-corrected chi connectivity index (χ3v) is 17.1. The van der Waals surface area contributed by atoms with Gasteiger partial charge in [0.2, 0.25) is 6.29 Å². The van der Waals surface area contributed by atoms with Gasteiger partial charge < -0.3 is 105 Å². The van der Waals surface area contributed by atoms with Gasteiger partial charge in [0.15, 0.2) is 31.1 Å². The Morgan fingerprint density at radius 1 is 0.588 bits per heavy atom. The summed E-state index contributed by atoms with van der Waals surface area (Å²) in [7, 11) is 0. The van der Waals surface area contributed by atoms with Gasteiger partial charge in [-0.2, -0.15) is 0 Å². The molecule has 8 rings (SSSR count). The number of aliphatic hydroxyl groups is 14. The predicted octanol–water partition coefficient (Wildman–Crippen LogP) is -5.18. The second-order valence-corrected chi connectivity index (χ2v) is 20.9. The minimum atomic E-state index is -1.98. The van der Waals surface area contributed by atoms with E-state index in [1.165, 1.54) is 0 Å². The minimum Gasteiger partial charge on any atom is -0.432 e. The second-order valence-electron chi connectivity index (χ2n) is 20.9. The number of carbonyl (C=O) groups excluding carboxylic acids is 1. The van der Waals surface area contributed by atoms with Crippen LogP contribution in [0.2, 0.25) is 0 Å². The third kappa shape index (κ3) is 8.79.